The van der Waals surface area contributed by atoms with Gasteiger partial charge >= 0.3 is 0 Å². The van der Waals surface area contributed by atoms with Crippen molar-refractivity contribution in [2.24, 2.45) is 0 Å². The highest BCUT2D eigenvalue weighted by molar-refractivity contribution is 6.28. The fourth-order valence-electron chi connectivity index (χ4n) is 2.47. The molecule has 0 unspecified atom stereocenters. The maximum Gasteiger partial charge on any atom is 0.226 e. The Bertz CT molecular complexity index is 888. The highest BCUT2D eigenvalue weighted by Gasteiger charge is 2.12. The van der Waals surface area contributed by atoms with Crippen molar-refractivity contribution in [3.63, 3.8) is 0 Å². The maximum atomic E-state index is 6.15. The third kappa shape index (κ3) is 3.10. The van der Waals surface area contributed by atoms with Crippen LogP contribution in [0.3, 0.4) is 0 Å². The zero-order valence-corrected chi connectivity index (χ0v) is 14.4. The topological polar surface area (TPSA) is 38.7 Å². The quantitative estimate of drug-likeness (QED) is 0.659. The summed E-state index contributed by atoms with van der Waals surface area (Å²) in [7, 11) is 0. The van der Waals surface area contributed by atoms with Crippen LogP contribution in [0.2, 0.25) is 5.28 Å². The average molecular weight is 324 g/mol. The predicted molar refractivity (Wildman–Crippen MR) is 94.7 cm³/mol. The van der Waals surface area contributed by atoms with Crippen molar-refractivity contribution >= 4 is 11.6 Å². The molecule has 0 aliphatic rings. The largest absolute Gasteiger partial charge is 0.226 e. The average Bonchev–Trinajstić information content (AvgIpc) is 2.52. The minimum Gasteiger partial charge on any atom is -0.208 e. The van der Waals surface area contributed by atoms with Crippen molar-refractivity contribution in [3.8, 4) is 22.8 Å². The van der Waals surface area contributed by atoms with Gasteiger partial charge in [0.25, 0.3) is 0 Å². The lowest BCUT2D eigenvalue weighted by Crippen LogP contribution is -1.99. The van der Waals surface area contributed by atoms with Crippen LogP contribution in [-0.2, 0) is 0 Å². The van der Waals surface area contributed by atoms with E-state index in [4.69, 9.17) is 11.6 Å². The second-order valence-electron chi connectivity index (χ2n) is 5.80. The normalized spacial score (nSPS) is 10.8. The number of halogens is 1. The van der Waals surface area contributed by atoms with Gasteiger partial charge in [0, 0.05) is 11.1 Å². The van der Waals surface area contributed by atoms with Gasteiger partial charge in [0.1, 0.15) is 0 Å². The molecule has 0 spiro atoms. The van der Waals surface area contributed by atoms with Crippen LogP contribution in [0.1, 0.15) is 22.3 Å². The minimum absolute atomic E-state index is 0.212. The zero-order chi connectivity index (χ0) is 16.6. The van der Waals surface area contributed by atoms with Gasteiger partial charge in [0.2, 0.25) is 5.28 Å². The Morgan fingerprint density at radius 1 is 0.739 bits per heavy atom. The van der Waals surface area contributed by atoms with E-state index in [1.54, 1.807) is 0 Å². The Hall–Kier alpha value is -2.26. The highest BCUT2D eigenvalue weighted by atomic mass is 35.5. The Labute approximate surface area is 141 Å². The molecule has 0 aliphatic carbocycles. The van der Waals surface area contributed by atoms with Gasteiger partial charge in [-0.15, -0.1) is 0 Å². The van der Waals surface area contributed by atoms with Crippen LogP contribution in [0.4, 0.5) is 0 Å². The van der Waals surface area contributed by atoms with Crippen LogP contribution in [-0.4, -0.2) is 15.0 Å². The molecule has 3 aromatic rings. The fourth-order valence-corrected chi connectivity index (χ4v) is 2.63. The molecule has 0 bridgehead atoms. The molecule has 116 valence electrons. The zero-order valence-electron chi connectivity index (χ0n) is 13.7. The van der Waals surface area contributed by atoms with Crippen molar-refractivity contribution < 1.29 is 0 Å². The number of hydrogen-bond acceptors (Lipinski definition) is 3. The van der Waals surface area contributed by atoms with Gasteiger partial charge in [-0.3, -0.25) is 0 Å². The first-order valence-electron chi connectivity index (χ1n) is 7.51. The molecular weight excluding hydrogens is 306 g/mol. The molecule has 0 atom stereocenters. The molecule has 0 fully saturated rings. The number of benzene rings is 2. The molecule has 23 heavy (non-hydrogen) atoms. The molecule has 3 nitrogen and oxygen atoms in total. The monoisotopic (exact) mass is 323 g/mol. The van der Waals surface area contributed by atoms with E-state index in [1.807, 2.05) is 18.2 Å². The van der Waals surface area contributed by atoms with Crippen molar-refractivity contribution in [1.82, 2.24) is 15.0 Å². The van der Waals surface area contributed by atoms with Gasteiger partial charge < -0.3 is 0 Å². The van der Waals surface area contributed by atoms with Crippen LogP contribution in [0, 0.1) is 27.7 Å². The van der Waals surface area contributed by atoms with Crippen LogP contribution in [0.25, 0.3) is 22.8 Å². The van der Waals surface area contributed by atoms with E-state index in [0.717, 1.165) is 16.7 Å². The Morgan fingerprint density at radius 3 is 2.22 bits per heavy atom. The van der Waals surface area contributed by atoms with Crippen LogP contribution in [0.5, 0.6) is 0 Å². The number of aryl methyl sites for hydroxylation is 3. The van der Waals surface area contributed by atoms with E-state index >= 15 is 0 Å². The number of nitrogens with zero attached hydrogens (tertiary/aromatic N) is 3. The van der Waals surface area contributed by atoms with Gasteiger partial charge in [-0.25, -0.2) is 4.98 Å². The fraction of sp³-hybridized carbons (Fsp3) is 0.211. The van der Waals surface area contributed by atoms with Gasteiger partial charge in [0.15, 0.2) is 11.6 Å². The van der Waals surface area contributed by atoms with Crippen LogP contribution < -0.4 is 0 Å². The van der Waals surface area contributed by atoms with Crippen molar-refractivity contribution in [1.29, 1.82) is 0 Å². The van der Waals surface area contributed by atoms with E-state index in [0.29, 0.717) is 11.6 Å². The van der Waals surface area contributed by atoms with Crippen molar-refractivity contribution in [2.45, 2.75) is 27.7 Å². The molecule has 3 rings (SSSR count). The number of rotatable bonds is 2. The summed E-state index contributed by atoms with van der Waals surface area (Å²) in [6.45, 7) is 8.30. The van der Waals surface area contributed by atoms with Gasteiger partial charge in [0.05, 0.1) is 0 Å². The molecule has 1 aromatic heterocycles. The molecule has 0 saturated carbocycles. The Kier molecular flexibility index (Phi) is 4.14. The summed E-state index contributed by atoms with van der Waals surface area (Å²) in [6, 6.07) is 12.3. The lowest BCUT2D eigenvalue weighted by atomic mass is 10.0. The van der Waals surface area contributed by atoms with E-state index < -0.39 is 0 Å². The van der Waals surface area contributed by atoms with Crippen LogP contribution in [0.15, 0.2) is 36.4 Å². The van der Waals surface area contributed by atoms with Gasteiger partial charge in [-0.2, -0.15) is 9.97 Å². The second kappa shape index (κ2) is 6.09. The molecule has 0 saturated heterocycles. The SMILES string of the molecule is Cc1ccc(-c2nc(Cl)nc(-c3cccc(C)c3C)n2)cc1C. The molecule has 0 aliphatic heterocycles. The lowest BCUT2D eigenvalue weighted by molar-refractivity contribution is 1.06. The number of hydrogen-bond donors (Lipinski definition) is 0. The lowest BCUT2D eigenvalue weighted by Gasteiger charge is -2.09. The van der Waals surface area contributed by atoms with Gasteiger partial charge in [-0.1, -0.05) is 30.3 Å². The molecule has 4 heteroatoms. The summed E-state index contributed by atoms with van der Waals surface area (Å²) >= 11 is 6.15. The van der Waals surface area contributed by atoms with Crippen molar-refractivity contribution in [2.75, 3.05) is 0 Å². The molecule has 0 amide bonds. The molecule has 1 heterocycles. The van der Waals surface area contributed by atoms with Gasteiger partial charge in [-0.05, 0) is 67.6 Å². The Balaban J connectivity index is 2.16. The third-order valence-corrected chi connectivity index (χ3v) is 4.39. The third-order valence-electron chi connectivity index (χ3n) is 4.22. The molecule has 2 aromatic carbocycles. The summed E-state index contributed by atoms with van der Waals surface area (Å²) in [6.07, 6.45) is 0. The summed E-state index contributed by atoms with van der Waals surface area (Å²) in [4.78, 5) is 13.3. The van der Waals surface area contributed by atoms with E-state index in [9.17, 15) is 0 Å². The van der Waals surface area contributed by atoms with Crippen LogP contribution >= 0.6 is 11.6 Å². The smallest absolute Gasteiger partial charge is 0.208 e. The van der Waals surface area contributed by atoms with Crippen molar-refractivity contribution in [3.05, 3.63) is 63.9 Å². The molecular formula is C19H18ClN3. The second-order valence-corrected chi connectivity index (χ2v) is 6.14. The summed E-state index contributed by atoms with van der Waals surface area (Å²) in [5.74, 6) is 1.21. The Morgan fingerprint density at radius 2 is 1.48 bits per heavy atom. The summed E-state index contributed by atoms with van der Waals surface area (Å²) < 4.78 is 0. The first-order chi connectivity index (χ1) is 11.0. The number of aromatic nitrogens is 3. The van der Waals surface area contributed by atoms with E-state index in [1.165, 1.54) is 16.7 Å². The van der Waals surface area contributed by atoms with E-state index in [-0.39, 0.29) is 5.28 Å². The minimum atomic E-state index is 0.212. The predicted octanol–water partition coefficient (Wildman–Crippen LogP) is 5.09. The highest BCUT2D eigenvalue weighted by Crippen LogP contribution is 2.26. The summed E-state index contributed by atoms with van der Waals surface area (Å²) in [5, 5.41) is 0.212. The first-order valence-corrected chi connectivity index (χ1v) is 7.89. The first kappa shape index (κ1) is 15.6. The van der Waals surface area contributed by atoms with E-state index in [2.05, 4.69) is 60.8 Å². The molecule has 0 radical (unpaired) electrons. The standard InChI is InChI=1S/C19H18ClN3/c1-11-8-9-15(10-13(11)3)17-21-18(23-19(20)22-17)16-7-5-6-12(2)14(16)4/h5-10H,1-4H3. The molecule has 0 N–H and O–H groups in total. The maximum absolute atomic E-state index is 6.15. The summed E-state index contributed by atoms with van der Waals surface area (Å²) in [5.41, 5.74) is 6.73.